The first-order valence-corrected chi connectivity index (χ1v) is 9.56. The van der Waals surface area contributed by atoms with E-state index in [1.807, 2.05) is 6.20 Å². The summed E-state index contributed by atoms with van der Waals surface area (Å²) >= 11 is 7.22. The third kappa shape index (κ3) is 5.88. The lowest BCUT2D eigenvalue weighted by atomic mass is 10.1. The van der Waals surface area contributed by atoms with Crippen molar-refractivity contribution < 1.29 is 0 Å². The second kappa shape index (κ2) is 10.0. The number of hydrogen-bond acceptors (Lipinski definition) is 4. The van der Waals surface area contributed by atoms with Gasteiger partial charge in [0.1, 0.15) is 5.01 Å². The second-order valence-electron chi connectivity index (χ2n) is 5.62. The Hall–Kier alpha value is -0.940. The van der Waals surface area contributed by atoms with Gasteiger partial charge in [-0.3, -0.25) is 0 Å². The predicted octanol–water partition coefficient (Wildman–Crippen LogP) is 4.72. The van der Waals surface area contributed by atoms with E-state index in [-0.39, 0.29) is 0 Å². The summed E-state index contributed by atoms with van der Waals surface area (Å²) in [6.45, 7) is 8.64. The molecule has 0 saturated carbocycles. The minimum absolute atomic E-state index is 0.657. The Morgan fingerprint density at radius 3 is 2.52 bits per heavy atom. The summed E-state index contributed by atoms with van der Waals surface area (Å²) in [5, 5.41) is 1.06. The van der Waals surface area contributed by atoms with Crippen molar-refractivity contribution in [3.05, 3.63) is 40.9 Å². The lowest BCUT2D eigenvalue weighted by molar-refractivity contribution is 0.297. The third-order valence-corrected chi connectivity index (χ3v) is 5.26. The zero-order valence-corrected chi connectivity index (χ0v) is 15.6. The van der Waals surface area contributed by atoms with E-state index in [1.54, 1.807) is 11.3 Å². The maximum atomic E-state index is 5.54. The normalized spacial score (nSPS) is 11.3. The van der Waals surface area contributed by atoms with Crippen LogP contribution in [0, 0.1) is 0 Å². The monoisotopic (exact) mass is 351 g/mol. The molecule has 0 radical (unpaired) electrons. The van der Waals surface area contributed by atoms with Gasteiger partial charge in [0.15, 0.2) is 0 Å². The molecule has 0 aliphatic heterocycles. The molecule has 1 heterocycles. The predicted molar refractivity (Wildman–Crippen MR) is 101 cm³/mol. The van der Waals surface area contributed by atoms with Crippen LogP contribution in [0.5, 0.6) is 0 Å². The summed E-state index contributed by atoms with van der Waals surface area (Å²) in [5.74, 6) is 0. The van der Waals surface area contributed by atoms with Gasteiger partial charge in [-0.05, 0) is 56.2 Å². The molecule has 2 aromatic rings. The fourth-order valence-corrected chi connectivity index (χ4v) is 3.69. The quantitative estimate of drug-likeness (QED) is 0.496. The highest BCUT2D eigenvalue weighted by molar-refractivity contribution is 7.15. The van der Waals surface area contributed by atoms with Crippen molar-refractivity contribution in [2.24, 2.45) is 0 Å². The van der Waals surface area contributed by atoms with Gasteiger partial charge < -0.3 is 4.90 Å². The van der Waals surface area contributed by atoms with Gasteiger partial charge in [-0.1, -0.05) is 38.1 Å². The molecule has 5 heteroatoms. The van der Waals surface area contributed by atoms with Crippen LogP contribution in [-0.4, -0.2) is 29.5 Å². The van der Waals surface area contributed by atoms with Gasteiger partial charge in [0.25, 0.3) is 0 Å². The summed E-state index contributed by atoms with van der Waals surface area (Å²) in [4.78, 5) is 10.7. The first kappa shape index (κ1) is 18.4. The lowest BCUT2D eigenvalue weighted by Crippen LogP contribution is -2.23. The topological polar surface area (TPSA) is 28.2 Å². The summed E-state index contributed by atoms with van der Waals surface area (Å²) in [5.41, 5.74) is 2.59. The van der Waals surface area contributed by atoms with Crippen LogP contribution in [0.4, 0.5) is 0 Å². The van der Waals surface area contributed by atoms with E-state index < -0.39 is 0 Å². The van der Waals surface area contributed by atoms with Crippen molar-refractivity contribution >= 4 is 23.1 Å². The molecule has 0 unspecified atom stereocenters. The van der Waals surface area contributed by atoms with Crippen molar-refractivity contribution in [1.82, 2.24) is 14.7 Å². The molecule has 0 aliphatic carbocycles. The average molecular weight is 352 g/mol. The first-order valence-electron chi connectivity index (χ1n) is 8.36. The fourth-order valence-electron chi connectivity index (χ4n) is 2.61. The third-order valence-electron chi connectivity index (χ3n) is 4.08. The largest absolute Gasteiger partial charge is 0.304 e. The summed E-state index contributed by atoms with van der Waals surface area (Å²) in [7, 11) is 0. The Morgan fingerprint density at radius 2 is 1.87 bits per heavy atom. The van der Waals surface area contributed by atoms with E-state index in [0.717, 1.165) is 29.4 Å². The molecule has 1 N–H and O–H groups in total. The number of thiazole rings is 1. The molecule has 0 saturated heterocycles. The zero-order chi connectivity index (χ0) is 16.5. The maximum absolute atomic E-state index is 5.54. The highest BCUT2D eigenvalue weighted by Crippen LogP contribution is 2.25. The highest BCUT2D eigenvalue weighted by Gasteiger charge is 2.05. The Labute approximate surface area is 148 Å². The van der Waals surface area contributed by atoms with Gasteiger partial charge in [-0.2, -0.15) is 0 Å². The number of nitrogens with one attached hydrogen (secondary N) is 1. The van der Waals surface area contributed by atoms with Crippen molar-refractivity contribution in [3.8, 4) is 10.6 Å². The van der Waals surface area contributed by atoms with Crippen molar-refractivity contribution in [2.45, 2.75) is 39.7 Å². The van der Waals surface area contributed by atoms with E-state index in [1.165, 1.54) is 30.5 Å². The van der Waals surface area contributed by atoms with E-state index in [0.29, 0.717) is 6.54 Å². The van der Waals surface area contributed by atoms with Gasteiger partial charge in [0.2, 0.25) is 0 Å². The molecule has 2 rings (SSSR count). The van der Waals surface area contributed by atoms with Gasteiger partial charge in [0.05, 0.1) is 0 Å². The molecule has 0 bridgehead atoms. The molecule has 1 aromatic heterocycles. The molecule has 0 aliphatic rings. The van der Waals surface area contributed by atoms with Crippen LogP contribution in [0.25, 0.3) is 10.6 Å². The smallest absolute Gasteiger partial charge is 0.123 e. The summed E-state index contributed by atoms with van der Waals surface area (Å²) < 4.78 is 0. The number of aromatic nitrogens is 1. The highest BCUT2D eigenvalue weighted by atomic mass is 35.5. The number of unbranched alkanes of at least 4 members (excludes halogenated alkanes) is 1. The Morgan fingerprint density at radius 1 is 1.13 bits per heavy atom. The standard InChI is InChI=1S/C18H26ClN3S/c1-3-22(4-2)12-6-5-7-15-8-10-16(11-9-15)18-20-13-17(23-18)14-21-19/h8-11,13,21H,3-7,12,14H2,1-2H3. The lowest BCUT2D eigenvalue weighted by Gasteiger charge is -2.17. The van der Waals surface area contributed by atoms with Crippen molar-refractivity contribution in [2.75, 3.05) is 19.6 Å². The van der Waals surface area contributed by atoms with Gasteiger partial charge in [-0.15, -0.1) is 11.3 Å². The Bertz CT molecular complexity index is 564. The van der Waals surface area contributed by atoms with Crippen LogP contribution in [0.1, 0.15) is 37.1 Å². The Kier molecular flexibility index (Phi) is 8.03. The van der Waals surface area contributed by atoms with Crippen LogP contribution in [0.2, 0.25) is 0 Å². The van der Waals surface area contributed by atoms with E-state index in [4.69, 9.17) is 11.8 Å². The van der Waals surface area contributed by atoms with Crippen LogP contribution in [0.3, 0.4) is 0 Å². The van der Waals surface area contributed by atoms with E-state index >= 15 is 0 Å². The number of hydrogen-bond donors (Lipinski definition) is 1. The maximum Gasteiger partial charge on any atom is 0.123 e. The summed E-state index contributed by atoms with van der Waals surface area (Å²) in [6.07, 6.45) is 5.56. The molecule has 23 heavy (non-hydrogen) atoms. The number of benzene rings is 1. The van der Waals surface area contributed by atoms with Gasteiger partial charge in [0, 0.05) is 23.2 Å². The molecule has 0 amide bonds. The molecule has 1 aromatic carbocycles. The first-order chi connectivity index (χ1) is 11.3. The zero-order valence-electron chi connectivity index (χ0n) is 14.0. The summed E-state index contributed by atoms with van der Waals surface area (Å²) in [6, 6.07) is 8.81. The van der Waals surface area contributed by atoms with Gasteiger partial charge in [-0.25, -0.2) is 9.82 Å². The van der Waals surface area contributed by atoms with Crippen LogP contribution in [-0.2, 0) is 13.0 Å². The molecule has 3 nitrogen and oxygen atoms in total. The van der Waals surface area contributed by atoms with Crippen LogP contribution < -0.4 is 4.84 Å². The van der Waals surface area contributed by atoms with Crippen molar-refractivity contribution in [3.63, 3.8) is 0 Å². The van der Waals surface area contributed by atoms with Crippen LogP contribution >= 0.6 is 23.1 Å². The molecule has 0 fully saturated rings. The average Bonchev–Trinajstić information content (AvgIpc) is 3.05. The van der Waals surface area contributed by atoms with E-state index in [9.17, 15) is 0 Å². The second-order valence-corrected chi connectivity index (χ2v) is 7.01. The Balaban J connectivity index is 1.82. The minimum Gasteiger partial charge on any atom is -0.304 e. The number of nitrogens with zero attached hydrogens (tertiary/aromatic N) is 2. The molecular formula is C18H26ClN3S. The fraction of sp³-hybridized carbons (Fsp3) is 0.500. The number of aryl methyl sites for hydroxylation is 1. The van der Waals surface area contributed by atoms with Crippen molar-refractivity contribution in [1.29, 1.82) is 0 Å². The number of rotatable bonds is 10. The minimum atomic E-state index is 0.657. The van der Waals surface area contributed by atoms with E-state index in [2.05, 4.69) is 52.8 Å². The molecule has 126 valence electrons. The van der Waals surface area contributed by atoms with Crippen LogP contribution in [0.15, 0.2) is 30.5 Å². The van der Waals surface area contributed by atoms with Gasteiger partial charge >= 0.3 is 0 Å². The molecular weight excluding hydrogens is 326 g/mol. The number of halogens is 1. The molecule has 0 atom stereocenters. The SMILES string of the molecule is CCN(CC)CCCCc1ccc(-c2ncc(CNCl)s2)cc1. The molecule has 0 spiro atoms.